The minimum absolute atomic E-state index is 0.0478. The lowest BCUT2D eigenvalue weighted by Gasteiger charge is -2.19. The maximum Gasteiger partial charge on any atom is 0.472 e. The van der Waals surface area contributed by atoms with Gasteiger partial charge < -0.3 is 20.1 Å². The van der Waals surface area contributed by atoms with Gasteiger partial charge in [0.05, 0.1) is 13.2 Å². The van der Waals surface area contributed by atoms with Gasteiger partial charge in [0.25, 0.3) is 0 Å². The van der Waals surface area contributed by atoms with Crippen LogP contribution in [0.2, 0.25) is 0 Å². The predicted molar refractivity (Wildman–Crippen MR) is 312 cm³/mol. The van der Waals surface area contributed by atoms with Gasteiger partial charge in [0.15, 0.2) is 6.10 Å². The summed E-state index contributed by atoms with van der Waals surface area (Å²) in [6, 6.07) is 0. The zero-order valence-corrected chi connectivity index (χ0v) is 47.7. The summed E-state index contributed by atoms with van der Waals surface area (Å²) >= 11 is 0. The van der Waals surface area contributed by atoms with E-state index in [2.05, 4.69) is 111 Å². The molecule has 9 nitrogen and oxygen atoms in total. The summed E-state index contributed by atoms with van der Waals surface area (Å²) in [6.07, 6.45) is 77.4. The zero-order valence-electron chi connectivity index (χ0n) is 46.8. The van der Waals surface area contributed by atoms with Crippen LogP contribution in [-0.4, -0.2) is 49.3 Å². The first-order chi connectivity index (χ1) is 35.8. The summed E-state index contributed by atoms with van der Waals surface area (Å²) in [7, 11) is -4.40. The topological polar surface area (TPSA) is 134 Å². The Morgan fingerprint density at radius 1 is 0.425 bits per heavy atom. The molecule has 0 heterocycles. The Hall–Kier alpha value is -3.07. The van der Waals surface area contributed by atoms with Gasteiger partial charge in [0, 0.05) is 19.4 Å². The number of carbonyl (C=O) groups excluding carboxylic acids is 2. The van der Waals surface area contributed by atoms with Gasteiger partial charge in [0.2, 0.25) is 0 Å². The number of allylic oxidation sites excluding steroid dienone is 16. The molecule has 0 saturated carbocycles. The van der Waals surface area contributed by atoms with Crippen molar-refractivity contribution in [2.45, 2.75) is 264 Å². The number of carbonyl (C=O) groups is 2. The maximum atomic E-state index is 12.7. The number of phosphoric ester groups is 1. The second kappa shape index (κ2) is 58.2. The molecular weight excluding hydrogens is 930 g/mol. The Morgan fingerprint density at radius 2 is 0.753 bits per heavy atom. The van der Waals surface area contributed by atoms with E-state index in [0.717, 1.165) is 89.9 Å². The van der Waals surface area contributed by atoms with Crippen LogP contribution in [0, 0.1) is 0 Å². The largest absolute Gasteiger partial charge is 0.472 e. The summed E-state index contributed by atoms with van der Waals surface area (Å²) in [5.41, 5.74) is 5.38. The molecule has 10 heteroatoms. The predicted octanol–water partition coefficient (Wildman–Crippen LogP) is 18.8. The van der Waals surface area contributed by atoms with Crippen molar-refractivity contribution in [1.29, 1.82) is 0 Å². The van der Waals surface area contributed by atoms with Gasteiger partial charge in [-0.1, -0.05) is 246 Å². The van der Waals surface area contributed by atoms with Gasteiger partial charge in [-0.15, -0.1) is 0 Å². The number of unbranched alkanes of at least 4 members (excludes halogenated alkanes) is 26. The molecule has 73 heavy (non-hydrogen) atoms. The number of ether oxygens (including phenoxy) is 2. The second-order valence-electron chi connectivity index (χ2n) is 19.5. The van der Waals surface area contributed by atoms with Crippen molar-refractivity contribution in [3.63, 3.8) is 0 Å². The van der Waals surface area contributed by atoms with E-state index in [9.17, 15) is 19.0 Å². The molecule has 0 aliphatic heterocycles. The van der Waals surface area contributed by atoms with Crippen LogP contribution in [0.4, 0.5) is 0 Å². The van der Waals surface area contributed by atoms with Crippen LogP contribution in [0.15, 0.2) is 97.2 Å². The minimum Gasteiger partial charge on any atom is -0.462 e. The fourth-order valence-electron chi connectivity index (χ4n) is 8.08. The van der Waals surface area contributed by atoms with Crippen LogP contribution in [0.5, 0.6) is 0 Å². The molecule has 0 amide bonds. The molecule has 0 aromatic rings. The van der Waals surface area contributed by atoms with E-state index in [-0.39, 0.29) is 38.6 Å². The van der Waals surface area contributed by atoms with E-state index in [1.54, 1.807) is 0 Å². The number of hydrogen-bond acceptors (Lipinski definition) is 8. The van der Waals surface area contributed by atoms with Crippen molar-refractivity contribution in [1.82, 2.24) is 0 Å². The Morgan fingerprint density at radius 3 is 1.12 bits per heavy atom. The molecule has 0 aromatic carbocycles. The van der Waals surface area contributed by atoms with Crippen LogP contribution in [0.3, 0.4) is 0 Å². The first-order valence-corrected chi connectivity index (χ1v) is 31.2. The van der Waals surface area contributed by atoms with Gasteiger partial charge in [-0.2, -0.15) is 0 Å². The lowest BCUT2D eigenvalue weighted by atomic mass is 10.0. The third kappa shape index (κ3) is 58.1. The molecular formula is C63H110NO8P. The molecule has 0 saturated heterocycles. The highest BCUT2D eigenvalue weighted by atomic mass is 31.2. The van der Waals surface area contributed by atoms with Gasteiger partial charge in [-0.05, 0) is 96.3 Å². The van der Waals surface area contributed by atoms with E-state index >= 15 is 0 Å². The average Bonchev–Trinajstić information content (AvgIpc) is 3.38. The van der Waals surface area contributed by atoms with E-state index in [4.69, 9.17) is 24.3 Å². The summed E-state index contributed by atoms with van der Waals surface area (Å²) in [4.78, 5) is 35.2. The number of esters is 2. The summed E-state index contributed by atoms with van der Waals surface area (Å²) in [5, 5.41) is 0. The van der Waals surface area contributed by atoms with Crippen molar-refractivity contribution in [2.75, 3.05) is 26.4 Å². The highest BCUT2D eigenvalue weighted by Gasteiger charge is 2.26. The molecule has 3 N–H and O–H groups in total. The lowest BCUT2D eigenvalue weighted by Crippen LogP contribution is -2.29. The Labute approximate surface area is 448 Å². The number of nitrogens with two attached hydrogens (primary N) is 1. The summed E-state index contributed by atoms with van der Waals surface area (Å²) < 4.78 is 33.1. The van der Waals surface area contributed by atoms with Gasteiger partial charge in [0.1, 0.15) is 6.61 Å². The third-order valence-corrected chi connectivity index (χ3v) is 13.4. The maximum absolute atomic E-state index is 12.7. The minimum atomic E-state index is -4.40. The van der Waals surface area contributed by atoms with Crippen LogP contribution in [-0.2, 0) is 32.7 Å². The normalized spacial score (nSPS) is 13.8. The molecule has 0 fully saturated rings. The molecule has 0 radical (unpaired) electrons. The molecule has 0 aromatic heterocycles. The van der Waals surface area contributed by atoms with Gasteiger partial charge in [-0.25, -0.2) is 4.57 Å². The van der Waals surface area contributed by atoms with Gasteiger partial charge in [-0.3, -0.25) is 18.6 Å². The fourth-order valence-corrected chi connectivity index (χ4v) is 8.85. The smallest absolute Gasteiger partial charge is 0.462 e. The second-order valence-corrected chi connectivity index (χ2v) is 20.9. The van der Waals surface area contributed by atoms with E-state index < -0.39 is 26.5 Å². The average molecular weight is 1040 g/mol. The van der Waals surface area contributed by atoms with E-state index in [1.165, 1.54) is 135 Å². The Kier molecular flexibility index (Phi) is 55.7. The Balaban J connectivity index is 4.00. The molecule has 0 bridgehead atoms. The third-order valence-electron chi connectivity index (χ3n) is 12.5. The standard InChI is InChI=1S/C63H110NO8P/c1-3-5-7-9-11-13-15-17-19-21-23-25-27-29-30-32-33-35-37-39-41-43-45-47-49-51-53-55-62(65)69-59-61(60-71-73(67,68)70-58-57-64)72-63(66)56-54-52-50-48-46-44-42-40-38-36-34-31-28-26-24-22-20-18-16-14-12-10-8-6-4-2/h6,8,12,14-15,17-18,20-21,23-24,26-27,29,31,34,61H,3-5,7,9-11,13,16,19,22,25,28,30,32-33,35-60,64H2,1-2H3,(H,67,68)/b8-6-,14-12-,17-15-,20-18-,23-21-,26-24-,29-27-,34-31-. The van der Waals surface area contributed by atoms with Crippen LogP contribution in [0.25, 0.3) is 0 Å². The van der Waals surface area contributed by atoms with Crippen LogP contribution < -0.4 is 5.73 Å². The molecule has 0 aliphatic rings. The Bertz CT molecular complexity index is 1510. The highest BCUT2D eigenvalue weighted by molar-refractivity contribution is 7.47. The van der Waals surface area contributed by atoms with Crippen molar-refractivity contribution >= 4 is 19.8 Å². The molecule has 0 rings (SSSR count). The number of phosphoric acid groups is 1. The van der Waals surface area contributed by atoms with Crippen molar-refractivity contribution < 1.29 is 37.6 Å². The summed E-state index contributed by atoms with van der Waals surface area (Å²) in [6.45, 7) is 3.62. The zero-order chi connectivity index (χ0) is 53.1. The molecule has 0 aliphatic carbocycles. The highest BCUT2D eigenvalue weighted by Crippen LogP contribution is 2.43. The fraction of sp³-hybridized carbons (Fsp3) is 0.714. The molecule has 0 spiro atoms. The van der Waals surface area contributed by atoms with Crippen molar-refractivity contribution in [3.05, 3.63) is 97.2 Å². The molecule has 420 valence electrons. The van der Waals surface area contributed by atoms with Crippen LogP contribution in [0.1, 0.15) is 258 Å². The van der Waals surface area contributed by atoms with Crippen molar-refractivity contribution in [2.24, 2.45) is 5.73 Å². The monoisotopic (exact) mass is 1040 g/mol. The molecule has 2 unspecified atom stereocenters. The number of rotatable bonds is 55. The van der Waals surface area contributed by atoms with Crippen molar-refractivity contribution in [3.8, 4) is 0 Å². The van der Waals surface area contributed by atoms with E-state index in [0.29, 0.717) is 6.42 Å². The SMILES string of the molecule is CC/C=C\C/C=C\C/C=C\C/C=C\C/C=C\CCCCCCCCCCCC(=O)OC(COC(=O)CCCCCCCCCCCCCC/C=C\C/C=C\C/C=C\CCCCCCC)COP(=O)(O)OCCN. The first kappa shape index (κ1) is 69.9. The first-order valence-electron chi connectivity index (χ1n) is 29.7. The lowest BCUT2D eigenvalue weighted by molar-refractivity contribution is -0.161. The van der Waals surface area contributed by atoms with Gasteiger partial charge >= 0.3 is 19.8 Å². The number of hydrogen-bond donors (Lipinski definition) is 2. The van der Waals surface area contributed by atoms with E-state index in [1.807, 2.05) is 0 Å². The quantitative estimate of drug-likeness (QED) is 0.0264. The van der Waals surface area contributed by atoms with Crippen LogP contribution >= 0.6 is 7.82 Å². The summed E-state index contributed by atoms with van der Waals surface area (Å²) in [5.74, 6) is -0.837. The molecule has 2 atom stereocenters.